The molecule has 0 fully saturated rings. The van der Waals surface area contributed by atoms with Crippen molar-refractivity contribution in [1.29, 1.82) is 0 Å². The SMILES string of the molecule is CC(C)Cc1cccc2oc(=O)ccc12. The summed E-state index contributed by atoms with van der Waals surface area (Å²) in [5.74, 6) is 0.600. The van der Waals surface area contributed by atoms with E-state index in [-0.39, 0.29) is 5.63 Å². The minimum absolute atomic E-state index is 0.288. The van der Waals surface area contributed by atoms with E-state index in [1.54, 1.807) is 0 Å². The molecule has 2 rings (SSSR count). The summed E-state index contributed by atoms with van der Waals surface area (Å²) in [4.78, 5) is 11.1. The van der Waals surface area contributed by atoms with Crippen LogP contribution >= 0.6 is 0 Å². The Morgan fingerprint density at radius 2 is 2.00 bits per heavy atom. The smallest absolute Gasteiger partial charge is 0.336 e. The Morgan fingerprint density at radius 1 is 1.20 bits per heavy atom. The quantitative estimate of drug-likeness (QED) is 0.701. The highest BCUT2D eigenvalue weighted by molar-refractivity contribution is 5.80. The van der Waals surface area contributed by atoms with Crippen molar-refractivity contribution in [2.24, 2.45) is 5.92 Å². The van der Waals surface area contributed by atoms with Crippen LogP contribution in [0.2, 0.25) is 0 Å². The van der Waals surface area contributed by atoms with E-state index in [1.807, 2.05) is 18.2 Å². The molecule has 0 radical (unpaired) electrons. The van der Waals surface area contributed by atoms with Gasteiger partial charge in [0.1, 0.15) is 5.58 Å². The van der Waals surface area contributed by atoms with Gasteiger partial charge >= 0.3 is 5.63 Å². The van der Waals surface area contributed by atoms with Crippen molar-refractivity contribution < 1.29 is 4.42 Å². The zero-order chi connectivity index (χ0) is 10.8. The van der Waals surface area contributed by atoms with Gasteiger partial charge in [-0.3, -0.25) is 0 Å². The Kier molecular flexibility index (Phi) is 2.58. The molecule has 2 nitrogen and oxygen atoms in total. The molecule has 78 valence electrons. The van der Waals surface area contributed by atoms with Gasteiger partial charge in [0, 0.05) is 11.5 Å². The van der Waals surface area contributed by atoms with Gasteiger partial charge < -0.3 is 4.42 Å². The molecule has 0 spiro atoms. The van der Waals surface area contributed by atoms with Crippen molar-refractivity contribution in [2.75, 3.05) is 0 Å². The van der Waals surface area contributed by atoms with Crippen molar-refractivity contribution in [3.05, 3.63) is 46.3 Å². The van der Waals surface area contributed by atoms with Crippen molar-refractivity contribution in [1.82, 2.24) is 0 Å². The van der Waals surface area contributed by atoms with Gasteiger partial charge in [0.15, 0.2) is 0 Å². The normalized spacial score (nSPS) is 11.1. The van der Waals surface area contributed by atoms with Crippen LogP contribution in [0.5, 0.6) is 0 Å². The molecule has 1 aromatic heterocycles. The molecule has 0 atom stereocenters. The lowest BCUT2D eigenvalue weighted by Gasteiger charge is -2.07. The molecule has 1 heterocycles. The largest absolute Gasteiger partial charge is 0.423 e. The number of hydrogen-bond donors (Lipinski definition) is 0. The molecule has 2 heteroatoms. The summed E-state index contributed by atoms with van der Waals surface area (Å²) in [6, 6.07) is 9.18. The van der Waals surface area contributed by atoms with E-state index >= 15 is 0 Å². The first-order valence-corrected chi connectivity index (χ1v) is 5.18. The van der Waals surface area contributed by atoms with Crippen LogP contribution in [0.4, 0.5) is 0 Å². The van der Waals surface area contributed by atoms with Gasteiger partial charge in [0.2, 0.25) is 0 Å². The average molecular weight is 202 g/mol. The van der Waals surface area contributed by atoms with E-state index < -0.39 is 0 Å². The van der Waals surface area contributed by atoms with Gasteiger partial charge in [-0.15, -0.1) is 0 Å². The Bertz CT molecular complexity index is 523. The van der Waals surface area contributed by atoms with Gasteiger partial charge in [-0.2, -0.15) is 0 Å². The maximum atomic E-state index is 11.1. The van der Waals surface area contributed by atoms with Crippen molar-refractivity contribution in [3.8, 4) is 0 Å². The lowest BCUT2D eigenvalue weighted by molar-refractivity contribution is 0.560. The fourth-order valence-electron chi connectivity index (χ4n) is 1.78. The molecule has 0 saturated carbocycles. The Hall–Kier alpha value is -1.57. The fraction of sp³-hybridized carbons (Fsp3) is 0.308. The Morgan fingerprint density at radius 3 is 2.73 bits per heavy atom. The monoisotopic (exact) mass is 202 g/mol. The molecular weight excluding hydrogens is 188 g/mol. The molecule has 1 aromatic carbocycles. The third-order valence-corrected chi connectivity index (χ3v) is 2.38. The summed E-state index contributed by atoms with van der Waals surface area (Å²) < 4.78 is 5.13. The highest BCUT2D eigenvalue weighted by Crippen LogP contribution is 2.19. The number of fused-ring (bicyclic) bond motifs is 1. The van der Waals surface area contributed by atoms with E-state index in [9.17, 15) is 4.79 Å². The van der Waals surface area contributed by atoms with Crippen LogP contribution in [0.15, 0.2) is 39.5 Å². The molecule has 0 amide bonds. The Labute approximate surface area is 88.5 Å². The van der Waals surface area contributed by atoms with Gasteiger partial charge in [0.25, 0.3) is 0 Å². The predicted octanol–water partition coefficient (Wildman–Crippen LogP) is 2.99. The van der Waals surface area contributed by atoms with Crippen LogP contribution < -0.4 is 5.63 Å². The highest BCUT2D eigenvalue weighted by atomic mass is 16.4. The third-order valence-electron chi connectivity index (χ3n) is 2.38. The Balaban J connectivity index is 2.60. The van der Waals surface area contributed by atoms with E-state index in [1.165, 1.54) is 11.6 Å². The van der Waals surface area contributed by atoms with Gasteiger partial charge in [-0.05, 0) is 30.0 Å². The fourth-order valence-corrected chi connectivity index (χ4v) is 1.78. The number of benzene rings is 1. The second-order valence-electron chi connectivity index (χ2n) is 4.18. The zero-order valence-corrected chi connectivity index (χ0v) is 8.99. The maximum Gasteiger partial charge on any atom is 0.336 e. The summed E-state index contributed by atoms with van der Waals surface area (Å²) in [5.41, 5.74) is 1.64. The van der Waals surface area contributed by atoms with E-state index in [4.69, 9.17) is 4.42 Å². The summed E-state index contributed by atoms with van der Waals surface area (Å²) in [7, 11) is 0. The molecule has 0 aliphatic heterocycles. The van der Waals surface area contributed by atoms with Crippen LogP contribution in [0.25, 0.3) is 11.0 Å². The van der Waals surface area contributed by atoms with Crippen LogP contribution in [-0.4, -0.2) is 0 Å². The van der Waals surface area contributed by atoms with Gasteiger partial charge in [0.05, 0.1) is 0 Å². The molecule has 0 unspecified atom stereocenters. The molecule has 0 aliphatic rings. The standard InChI is InChI=1S/C13H14O2/c1-9(2)8-10-4-3-5-12-11(10)6-7-13(14)15-12/h3-7,9H,8H2,1-2H3. The molecule has 0 aliphatic carbocycles. The minimum atomic E-state index is -0.288. The second kappa shape index (κ2) is 3.89. The highest BCUT2D eigenvalue weighted by Gasteiger charge is 2.04. The van der Waals surface area contributed by atoms with Crippen molar-refractivity contribution in [2.45, 2.75) is 20.3 Å². The lowest BCUT2D eigenvalue weighted by atomic mass is 9.99. The van der Waals surface area contributed by atoms with Gasteiger partial charge in [-0.1, -0.05) is 26.0 Å². The first kappa shape index (κ1) is 9.97. The van der Waals surface area contributed by atoms with E-state index in [2.05, 4.69) is 19.9 Å². The molecule has 0 N–H and O–H groups in total. The third kappa shape index (κ3) is 2.09. The van der Waals surface area contributed by atoms with Crippen LogP contribution in [0, 0.1) is 5.92 Å². The summed E-state index contributed by atoms with van der Waals surface area (Å²) in [5, 5.41) is 1.05. The van der Waals surface area contributed by atoms with Gasteiger partial charge in [-0.25, -0.2) is 4.79 Å². The first-order chi connectivity index (χ1) is 7.16. The molecular formula is C13H14O2. The van der Waals surface area contributed by atoms with Crippen molar-refractivity contribution in [3.63, 3.8) is 0 Å². The average Bonchev–Trinajstić information content (AvgIpc) is 2.16. The second-order valence-corrected chi connectivity index (χ2v) is 4.18. The molecule has 0 bridgehead atoms. The molecule has 15 heavy (non-hydrogen) atoms. The first-order valence-electron chi connectivity index (χ1n) is 5.18. The maximum absolute atomic E-state index is 11.1. The number of hydrogen-bond acceptors (Lipinski definition) is 2. The van der Waals surface area contributed by atoms with Crippen LogP contribution in [-0.2, 0) is 6.42 Å². The lowest BCUT2D eigenvalue weighted by Crippen LogP contribution is -1.98. The van der Waals surface area contributed by atoms with Crippen molar-refractivity contribution >= 4 is 11.0 Å². The summed E-state index contributed by atoms with van der Waals surface area (Å²) in [6.07, 6.45) is 1.01. The number of rotatable bonds is 2. The topological polar surface area (TPSA) is 30.2 Å². The van der Waals surface area contributed by atoms with Crippen LogP contribution in [0.1, 0.15) is 19.4 Å². The zero-order valence-electron chi connectivity index (χ0n) is 8.99. The summed E-state index contributed by atoms with van der Waals surface area (Å²) in [6.45, 7) is 4.36. The summed E-state index contributed by atoms with van der Waals surface area (Å²) >= 11 is 0. The minimum Gasteiger partial charge on any atom is -0.423 e. The predicted molar refractivity (Wildman–Crippen MR) is 61.0 cm³/mol. The molecule has 2 aromatic rings. The van der Waals surface area contributed by atoms with E-state index in [0.717, 1.165) is 11.8 Å². The van der Waals surface area contributed by atoms with Crippen LogP contribution in [0.3, 0.4) is 0 Å². The molecule has 0 saturated heterocycles. The van der Waals surface area contributed by atoms with E-state index in [0.29, 0.717) is 11.5 Å².